The third-order valence-corrected chi connectivity index (χ3v) is 7.01. The fourth-order valence-corrected chi connectivity index (χ4v) is 4.78. The molecule has 0 atom stereocenters. The fraction of sp³-hybridized carbons (Fsp3) is 0.364. The van der Waals surface area contributed by atoms with E-state index in [2.05, 4.69) is 23.2 Å². The van der Waals surface area contributed by atoms with E-state index in [0.29, 0.717) is 44.0 Å². The molecule has 1 aliphatic rings. The van der Waals surface area contributed by atoms with Crippen LogP contribution in [0.4, 0.5) is 5.69 Å². The maximum atomic E-state index is 13.0. The van der Waals surface area contributed by atoms with E-state index in [-0.39, 0.29) is 11.5 Å². The number of ether oxygens (including phenoxy) is 1. The van der Waals surface area contributed by atoms with Crippen LogP contribution in [0.3, 0.4) is 0 Å². The highest BCUT2D eigenvalue weighted by Crippen LogP contribution is 2.21. The standard InChI is InChI=1S/C22H26N4O4S/c1-2-25-12-14-26(15-13-25)31(28,29)21-5-3-4-19(16-21)24-22(27)17-30-20-8-6-18(7-9-20)10-11-23/h3-9,16H,2,10,12-15,17H2,1H3,(H,24,27). The molecule has 0 bridgehead atoms. The third kappa shape index (κ3) is 6.04. The van der Waals surface area contributed by atoms with E-state index in [9.17, 15) is 13.2 Å². The highest BCUT2D eigenvalue weighted by molar-refractivity contribution is 7.89. The number of anilines is 1. The molecule has 3 rings (SSSR count). The van der Waals surface area contributed by atoms with Crippen molar-refractivity contribution in [3.8, 4) is 11.8 Å². The zero-order chi connectivity index (χ0) is 22.3. The summed E-state index contributed by atoms with van der Waals surface area (Å²) in [6.07, 6.45) is 0.314. The number of rotatable bonds is 8. The van der Waals surface area contributed by atoms with E-state index in [1.165, 1.54) is 16.4 Å². The predicted molar refractivity (Wildman–Crippen MR) is 117 cm³/mol. The Bertz CT molecular complexity index is 1040. The molecule has 1 aliphatic heterocycles. The number of sulfonamides is 1. The van der Waals surface area contributed by atoms with Gasteiger partial charge >= 0.3 is 0 Å². The molecule has 1 heterocycles. The molecule has 1 amide bonds. The van der Waals surface area contributed by atoms with Crippen molar-refractivity contribution >= 4 is 21.6 Å². The lowest BCUT2D eigenvalue weighted by Crippen LogP contribution is -2.48. The Labute approximate surface area is 183 Å². The van der Waals surface area contributed by atoms with Crippen LogP contribution < -0.4 is 10.1 Å². The fourth-order valence-electron chi connectivity index (χ4n) is 3.31. The lowest BCUT2D eigenvalue weighted by molar-refractivity contribution is -0.118. The van der Waals surface area contributed by atoms with Gasteiger partial charge in [0.2, 0.25) is 10.0 Å². The summed E-state index contributed by atoms with van der Waals surface area (Å²) in [7, 11) is -3.61. The van der Waals surface area contributed by atoms with Gasteiger partial charge in [0.25, 0.3) is 5.91 Å². The number of hydrogen-bond acceptors (Lipinski definition) is 6. The van der Waals surface area contributed by atoms with Gasteiger partial charge in [-0.05, 0) is 42.4 Å². The van der Waals surface area contributed by atoms with Crippen LogP contribution in [0.1, 0.15) is 12.5 Å². The maximum Gasteiger partial charge on any atom is 0.262 e. The molecule has 0 aliphatic carbocycles. The van der Waals surface area contributed by atoms with Crippen LogP contribution in [0.25, 0.3) is 0 Å². The lowest BCUT2D eigenvalue weighted by atomic mass is 10.2. The number of hydrogen-bond donors (Lipinski definition) is 1. The van der Waals surface area contributed by atoms with Crippen LogP contribution in [0.15, 0.2) is 53.4 Å². The van der Waals surface area contributed by atoms with Crippen LogP contribution >= 0.6 is 0 Å². The van der Waals surface area contributed by atoms with E-state index in [4.69, 9.17) is 10.00 Å². The van der Waals surface area contributed by atoms with Crippen molar-refractivity contribution in [2.75, 3.05) is 44.6 Å². The number of nitrogens with zero attached hydrogens (tertiary/aromatic N) is 3. The molecular formula is C22H26N4O4S. The van der Waals surface area contributed by atoms with E-state index in [1.807, 2.05) is 0 Å². The van der Waals surface area contributed by atoms with E-state index in [0.717, 1.165) is 12.1 Å². The Morgan fingerprint density at radius 1 is 1.13 bits per heavy atom. The Kier molecular flexibility index (Phi) is 7.63. The number of piperazine rings is 1. The molecule has 0 radical (unpaired) electrons. The minimum absolute atomic E-state index is 0.157. The van der Waals surface area contributed by atoms with Crippen molar-refractivity contribution < 1.29 is 17.9 Å². The summed E-state index contributed by atoms with van der Waals surface area (Å²) >= 11 is 0. The second kappa shape index (κ2) is 10.4. The van der Waals surface area contributed by atoms with Crippen molar-refractivity contribution in [3.05, 3.63) is 54.1 Å². The van der Waals surface area contributed by atoms with E-state index < -0.39 is 15.9 Å². The van der Waals surface area contributed by atoms with E-state index >= 15 is 0 Å². The normalized spacial score (nSPS) is 15.2. The largest absolute Gasteiger partial charge is 0.484 e. The topological polar surface area (TPSA) is 103 Å². The lowest BCUT2D eigenvalue weighted by Gasteiger charge is -2.33. The average Bonchev–Trinajstić information content (AvgIpc) is 2.79. The first-order valence-corrected chi connectivity index (χ1v) is 11.6. The summed E-state index contributed by atoms with van der Waals surface area (Å²) in [4.78, 5) is 14.6. The molecule has 164 valence electrons. The number of nitriles is 1. The molecule has 1 fully saturated rings. The monoisotopic (exact) mass is 442 g/mol. The zero-order valence-electron chi connectivity index (χ0n) is 17.5. The van der Waals surface area contributed by atoms with Gasteiger partial charge in [0.05, 0.1) is 17.4 Å². The predicted octanol–water partition coefficient (Wildman–Crippen LogP) is 2.10. The molecule has 0 unspecified atom stereocenters. The van der Waals surface area contributed by atoms with Gasteiger partial charge in [0, 0.05) is 31.9 Å². The molecule has 2 aromatic rings. The van der Waals surface area contributed by atoms with Crippen LogP contribution in [0, 0.1) is 11.3 Å². The third-order valence-electron chi connectivity index (χ3n) is 5.11. The van der Waals surface area contributed by atoms with Gasteiger partial charge in [-0.25, -0.2) is 8.42 Å². The molecular weight excluding hydrogens is 416 g/mol. The van der Waals surface area contributed by atoms with Crippen LogP contribution in [0.5, 0.6) is 5.75 Å². The number of nitrogens with one attached hydrogen (secondary N) is 1. The Balaban J connectivity index is 1.58. The van der Waals surface area contributed by atoms with Crippen molar-refractivity contribution in [2.45, 2.75) is 18.2 Å². The Hall–Kier alpha value is -2.93. The number of likely N-dealkylation sites (N-methyl/N-ethyl adjacent to an activating group) is 1. The second-order valence-corrected chi connectivity index (χ2v) is 9.12. The molecule has 0 spiro atoms. The summed E-state index contributed by atoms with van der Waals surface area (Å²) in [5, 5.41) is 11.4. The van der Waals surface area contributed by atoms with E-state index in [1.54, 1.807) is 36.4 Å². The van der Waals surface area contributed by atoms with Gasteiger partial charge in [0.1, 0.15) is 5.75 Å². The molecule has 9 heteroatoms. The molecule has 1 saturated heterocycles. The van der Waals surface area contributed by atoms with Crippen molar-refractivity contribution in [1.82, 2.24) is 9.21 Å². The van der Waals surface area contributed by atoms with Gasteiger partial charge in [-0.15, -0.1) is 0 Å². The first kappa shape index (κ1) is 22.7. The average molecular weight is 443 g/mol. The van der Waals surface area contributed by atoms with Gasteiger partial charge < -0.3 is 15.0 Å². The summed E-state index contributed by atoms with van der Waals surface area (Å²) in [6.45, 7) is 5.07. The first-order valence-electron chi connectivity index (χ1n) is 10.1. The minimum Gasteiger partial charge on any atom is -0.484 e. The Morgan fingerprint density at radius 3 is 2.48 bits per heavy atom. The quantitative estimate of drug-likeness (QED) is 0.672. The number of carbonyl (C=O) groups excluding carboxylic acids is 1. The molecule has 0 saturated carbocycles. The number of amides is 1. The van der Waals surface area contributed by atoms with Crippen molar-refractivity contribution in [1.29, 1.82) is 5.26 Å². The van der Waals surface area contributed by atoms with Gasteiger partial charge in [-0.1, -0.05) is 25.1 Å². The van der Waals surface area contributed by atoms with Crippen LogP contribution in [0.2, 0.25) is 0 Å². The summed E-state index contributed by atoms with van der Waals surface area (Å²) in [6, 6.07) is 15.3. The molecule has 2 aromatic carbocycles. The van der Waals surface area contributed by atoms with Gasteiger partial charge in [-0.3, -0.25) is 4.79 Å². The van der Waals surface area contributed by atoms with Crippen molar-refractivity contribution in [3.63, 3.8) is 0 Å². The summed E-state index contributed by atoms with van der Waals surface area (Å²) < 4.78 is 32.9. The number of benzene rings is 2. The highest BCUT2D eigenvalue weighted by Gasteiger charge is 2.28. The first-order chi connectivity index (χ1) is 14.9. The SMILES string of the molecule is CCN1CCN(S(=O)(=O)c2cccc(NC(=O)COc3ccc(CC#N)cc3)c2)CC1. The van der Waals surface area contributed by atoms with Gasteiger partial charge in [0.15, 0.2) is 6.61 Å². The molecule has 8 nitrogen and oxygen atoms in total. The highest BCUT2D eigenvalue weighted by atomic mass is 32.2. The maximum absolute atomic E-state index is 13.0. The summed E-state index contributed by atoms with van der Waals surface area (Å²) in [5.74, 6) is 0.117. The summed E-state index contributed by atoms with van der Waals surface area (Å²) in [5.41, 5.74) is 1.26. The molecule has 31 heavy (non-hydrogen) atoms. The smallest absolute Gasteiger partial charge is 0.262 e. The molecule has 0 aromatic heterocycles. The number of carbonyl (C=O) groups is 1. The van der Waals surface area contributed by atoms with Crippen LogP contribution in [-0.2, 0) is 21.2 Å². The minimum atomic E-state index is -3.61. The molecule has 1 N–H and O–H groups in total. The zero-order valence-corrected chi connectivity index (χ0v) is 18.3. The second-order valence-electron chi connectivity index (χ2n) is 7.18. The van der Waals surface area contributed by atoms with Crippen LogP contribution in [-0.4, -0.2) is 62.9 Å². The van der Waals surface area contributed by atoms with Crippen molar-refractivity contribution in [2.24, 2.45) is 0 Å². The van der Waals surface area contributed by atoms with Gasteiger partial charge in [-0.2, -0.15) is 9.57 Å². The Morgan fingerprint density at radius 2 is 1.84 bits per heavy atom.